The molecule has 44 valence electrons. The molecule has 0 saturated carbocycles. The van der Waals surface area contributed by atoms with Gasteiger partial charge in [-0.1, -0.05) is 18.2 Å². The maximum atomic E-state index is 5.36. The lowest BCUT2D eigenvalue weighted by molar-refractivity contribution is 0.824. The number of hydrogen-bond acceptors (Lipinski definition) is 1. The predicted molar refractivity (Wildman–Crippen MR) is 34.5 cm³/mol. The van der Waals surface area contributed by atoms with E-state index in [2.05, 4.69) is 0 Å². The summed E-state index contributed by atoms with van der Waals surface area (Å²) in [5, 5.41) is 0. The molecule has 8 heavy (non-hydrogen) atoms. The van der Waals surface area contributed by atoms with Gasteiger partial charge in [0.15, 0.2) is 0 Å². The SMILES string of the molecule is Nc1ccccc1.O. The summed E-state index contributed by atoms with van der Waals surface area (Å²) >= 11 is 0. The van der Waals surface area contributed by atoms with Crippen LogP contribution in [0.15, 0.2) is 30.3 Å². The standard InChI is InChI=1S/C6H7N.H2O/c7-6-4-2-1-3-5-6;/h1-5H,7H2;1H2. The predicted octanol–water partition coefficient (Wildman–Crippen LogP) is 0.444. The number of anilines is 1. The van der Waals surface area contributed by atoms with Gasteiger partial charge in [0.2, 0.25) is 0 Å². The van der Waals surface area contributed by atoms with Crippen molar-refractivity contribution in [3.05, 3.63) is 30.3 Å². The van der Waals surface area contributed by atoms with Crippen LogP contribution < -0.4 is 5.73 Å². The van der Waals surface area contributed by atoms with Crippen LogP contribution in [0.25, 0.3) is 0 Å². The van der Waals surface area contributed by atoms with Crippen LogP contribution in [-0.4, -0.2) is 5.48 Å². The van der Waals surface area contributed by atoms with Crippen LogP contribution in [0.3, 0.4) is 0 Å². The summed E-state index contributed by atoms with van der Waals surface area (Å²) in [6.45, 7) is 0. The molecule has 0 aromatic heterocycles. The number of rotatable bonds is 0. The Morgan fingerprint density at radius 1 is 1.00 bits per heavy atom. The Hall–Kier alpha value is -1.02. The molecule has 0 spiro atoms. The van der Waals surface area contributed by atoms with Gasteiger partial charge in [-0.2, -0.15) is 0 Å². The summed E-state index contributed by atoms with van der Waals surface area (Å²) < 4.78 is 0. The third-order valence-corrected chi connectivity index (χ3v) is 0.800. The van der Waals surface area contributed by atoms with Gasteiger partial charge in [-0.25, -0.2) is 0 Å². The second-order valence-electron chi connectivity index (χ2n) is 1.41. The zero-order valence-electron chi connectivity index (χ0n) is 4.46. The van der Waals surface area contributed by atoms with Gasteiger partial charge < -0.3 is 11.2 Å². The van der Waals surface area contributed by atoms with E-state index in [1.807, 2.05) is 30.3 Å². The van der Waals surface area contributed by atoms with Crippen molar-refractivity contribution in [3.8, 4) is 0 Å². The maximum absolute atomic E-state index is 5.36. The fourth-order valence-corrected chi connectivity index (χ4v) is 0.453. The number of nitrogens with two attached hydrogens (primary N) is 1. The molecule has 4 N–H and O–H groups in total. The topological polar surface area (TPSA) is 57.5 Å². The molecule has 0 aliphatic carbocycles. The minimum Gasteiger partial charge on any atom is -0.412 e. The van der Waals surface area contributed by atoms with Crippen LogP contribution in [0, 0.1) is 0 Å². The monoisotopic (exact) mass is 111 g/mol. The van der Waals surface area contributed by atoms with Gasteiger partial charge in [-0.05, 0) is 12.1 Å². The molecule has 0 heterocycles. The maximum Gasteiger partial charge on any atom is 0.0313 e. The highest BCUT2D eigenvalue weighted by Gasteiger charge is 1.72. The van der Waals surface area contributed by atoms with Crippen molar-refractivity contribution in [2.45, 2.75) is 0 Å². The lowest BCUT2D eigenvalue weighted by Crippen LogP contribution is -1.79. The van der Waals surface area contributed by atoms with Crippen LogP contribution in [-0.2, 0) is 0 Å². The molecule has 1 aromatic rings. The Kier molecular flexibility index (Phi) is 2.66. The minimum atomic E-state index is 0. The van der Waals surface area contributed by atoms with E-state index in [-0.39, 0.29) is 5.48 Å². The molecular formula is C6H9NO. The first kappa shape index (κ1) is 6.98. The molecule has 0 fully saturated rings. The first-order chi connectivity index (χ1) is 3.39. The van der Waals surface area contributed by atoms with E-state index in [1.54, 1.807) is 0 Å². The number of benzene rings is 1. The van der Waals surface area contributed by atoms with Crippen LogP contribution in [0.5, 0.6) is 0 Å². The van der Waals surface area contributed by atoms with E-state index in [9.17, 15) is 0 Å². The third kappa shape index (κ3) is 1.62. The second kappa shape index (κ2) is 3.04. The normalized spacial score (nSPS) is 7.50. The Balaban J connectivity index is 0.000000490. The van der Waals surface area contributed by atoms with Crippen molar-refractivity contribution in [2.24, 2.45) is 0 Å². The van der Waals surface area contributed by atoms with Gasteiger partial charge in [0, 0.05) is 5.69 Å². The highest BCUT2D eigenvalue weighted by atomic mass is 16.0. The highest BCUT2D eigenvalue weighted by Crippen LogP contribution is 1.95. The van der Waals surface area contributed by atoms with Gasteiger partial charge >= 0.3 is 0 Å². The van der Waals surface area contributed by atoms with Crippen molar-refractivity contribution >= 4 is 5.69 Å². The van der Waals surface area contributed by atoms with Crippen LogP contribution in [0.1, 0.15) is 0 Å². The highest BCUT2D eigenvalue weighted by molar-refractivity contribution is 5.35. The average Bonchev–Trinajstić information content (AvgIpc) is 1.69. The van der Waals surface area contributed by atoms with Gasteiger partial charge in [0.05, 0.1) is 0 Å². The third-order valence-electron chi connectivity index (χ3n) is 0.800. The molecule has 0 radical (unpaired) electrons. The molecule has 0 bridgehead atoms. The Morgan fingerprint density at radius 3 is 1.75 bits per heavy atom. The van der Waals surface area contributed by atoms with Gasteiger partial charge in [0.25, 0.3) is 0 Å². The molecule has 0 unspecified atom stereocenters. The fourth-order valence-electron chi connectivity index (χ4n) is 0.453. The molecule has 0 atom stereocenters. The molecule has 0 aliphatic heterocycles. The summed E-state index contributed by atoms with van der Waals surface area (Å²) in [6.07, 6.45) is 0. The Labute approximate surface area is 48.3 Å². The van der Waals surface area contributed by atoms with E-state index in [0.29, 0.717) is 0 Å². The first-order valence-corrected chi connectivity index (χ1v) is 2.20. The van der Waals surface area contributed by atoms with E-state index in [1.165, 1.54) is 0 Å². The summed E-state index contributed by atoms with van der Waals surface area (Å²) in [5.41, 5.74) is 6.18. The van der Waals surface area contributed by atoms with Gasteiger partial charge in [-0.15, -0.1) is 0 Å². The van der Waals surface area contributed by atoms with Gasteiger partial charge in [-0.3, -0.25) is 0 Å². The van der Waals surface area contributed by atoms with Gasteiger partial charge in [0.1, 0.15) is 0 Å². The van der Waals surface area contributed by atoms with E-state index in [4.69, 9.17) is 5.73 Å². The first-order valence-electron chi connectivity index (χ1n) is 2.20. The van der Waals surface area contributed by atoms with Crippen molar-refractivity contribution in [1.82, 2.24) is 0 Å². The number of para-hydroxylation sites is 1. The largest absolute Gasteiger partial charge is 0.412 e. The zero-order valence-corrected chi connectivity index (χ0v) is 4.46. The minimum absolute atomic E-state index is 0. The summed E-state index contributed by atoms with van der Waals surface area (Å²) in [4.78, 5) is 0. The molecule has 2 heteroatoms. The number of nitrogen functional groups attached to an aromatic ring is 1. The zero-order chi connectivity index (χ0) is 5.11. The average molecular weight is 111 g/mol. The summed E-state index contributed by atoms with van der Waals surface area (Å²) in [6, 6.07) is 9.49. The fraction of sp³-hybridized carbons (Fsp3) is 0. The Morgan fingerprint density at radius 2 is 1.50 bits per heavy atom. The van der Waals surface area contributed by atoms with E-state index >= 15 is 0 Å². The Bertz CT molecular complexity index is 138. The molecule has 1 aromatic carbocycles. The van der Waals surface area contributed by atoms with Crippen molar-refractivity contribution in [3.63, 3.8) is 0 Å². The van der Waals surface area contributed by atoms with Crippen LogP contribution in [0.2, 0.25) is 0 Å². The molecule has 2 nitrogen and oxygen atoms in total. The van der Waals surface area contributed by atoms with Crippen LogP contribution >= 0.6 is 0 Å². The molecule has 0 saturated heterocycles. The van der Waals surface area contributed by atoms with Crippen LogP contribution in [0.4, 0.5) is 5.69 Å². The lowest BCUT2D eigenvalue weighted by atomic mass is 10.3. The summed E-state index contributed by atoms with van der Waals surface area (Å²) in [7, 11) is 0. The van der Waals surface area contributed by atoms with E-state index in [0.717, 1.165) is 5.69 Å². The molecule has 0 amide bonds. The molecular weight excluding hydrogens is 102 g/mol. The molecule has 0 aliphatic rings. The smallest absolute Gasteiger partial charge is 0.0313 e. The lowest BCUT2D eigenvalue weighted by Gasteiger charge is -1.83. The summed E-state index contributed by atoms with van der Waals surface area (Å²) in [5.74, 6) is 0. The van der Waals surface area contributed by atoms with Crippen molar-refractivity contribution in [1.29, 1.82) is 0 Å². The van der Waals surface area contributed by atoms with Crippen molar-refractivity contribution in [2.75, 3.05) is 5.73 Å². The molecule has 1 rings (SSSR count). The number of hydrogen-bond donors (Lipinski definition) is 1. The quantitative estimate of drug-likeness (QED) is 0.485. The van der Waals surface area contributed by atoms with Crippen molar-refractivity contribution < 1.29 is 5.48 Å². The second-order valence-corrected chi connectivity index (χ2v) is 1.41. The van der Waals surface area contributed by atoms with E-state index < -0.39 is 0 Å².